The molecule has 1 atom stereocenters. The van der Waals surface area contributed by atoms with E-state index in [1.54, 1.807) is 0 Å². The first-order valence-electron chi connectivity index (χ1n) is 6.07. The van der Waals surface area contributed by atoms with Crippen LogP contribution in [0.4, 0.5) is 0 Å². The summed E-state index contributed by atoms with van der Waals surface area (Å²) in [5.74, 6) is -0.374. The molecule has 1 saturated heterocycles. The van der Waals surface area contributed by atoms with Gasteiger partial charge < -0.3 is 4.57 Å². The van der Waals surface area contributed by atoms with Gasteiger partial charge >= 0.3 is 0 Å². The van der Waals surface area contributed by atoms with Crippen molar-refractivity contribution in [2.24, 2.45) is 0 Å². The van der Waals surface area contributed by atoms with Gasteiger partial charge in [0.15, 0.2) is 0 Å². The highest BCUT2D eigenvalue weighted by molar-refractivity contribution is 6.00. The lowest BCUT2D eigenvalue weighted by Crippen LogP contribution is -2.41. The molecular formula is C14H14N2O2. The molecule has 3 rings (SSSR count). The Labute approximate surface area is 105 Å². The number of aromatic nitrogens is 1. The maximum atomic E-state index is 11.9. The van der Waals surface area contributed by atoms with Gasteiger partial charge in [0, 0.05) is 17.6 Å². The number of amides is 2. The van der Waals surface area contributed by atoms with E-state index in [0.717, 1.165) is 16.6 Å². The lowest BCUT2D eigenvalue weighted by molar-refractivity contribution is -0.135. The number of carbonyl (C=O) groups excluding carboxylic acids is 2. The molecule has 0 spiro atoms. The third-order valence-electron chi connectivity index (χ3n) is 3.46. The van der Waals surface area contributed by atoms with Gasteiger partial charge in [0.1, 0.15) is 6.04 Å². The van der Waals surface area contributed by atoms with E-state index in [0.29, 0.717) is 12.8 Å². The molecule has 1 aromatic heterocycles. The third-order valence-corrected chi connectivity index (χ3v) is 3.46. The van der Waals surface area contributed by atoms with Crippen molar-refractivity contribution >= 4 is 22.7 Å². The molecule has 0 saturated carbocycles. The normalized spacial score (nSPS) is 20.2. The Hall–Kier alpha value is -2.10. The Morgan fingerprint density at radius 2 is 2.06 bits per heavy atom. The smallest absolute Gasteiger partial charge is 0.249 e. The number of carbonyl (C=O) groups is 2. The Morgan fingerprint density at radius 3 is 2.83 bits per heavy atom. The molecule has 4 heteroatoms. The predicted octanol–water partition coefficient (Wildman–Crippen LogP) is 1.93. The SMILES string of the molecule is Cc1cc2ccccc2n1C1CCC(=O)NC1=O. The van der Waals surface area contributed by atoms with Crippen LogP contribution in [0.2, 0.25) is 0 Å². The van der Waals surface area contributed by atoms with E-state index in [9.17, 15) is 9.59 Å². The number of imide groups is 1. The summed E-state index contributed by atoms with van der Waals surface area (Å²) in [7, 11) is 0. The molecule has 1 N–H and O–H groups in total. The molecule has 0 radical (unpaired) electrons. The summed E-state index contributed by atoms with van der Waals surface area (Å²) in [6.07, 6.45) is 0.979. The molecule has 1 aromatic carbocycles. The first-order valence-corrected chi connectivity index (χ1v) is 6.07. The largest absolute Gasteiger partial charge is 0.332 e. The van der Waals surface area contributed by atoms with E-state index < -0.39 is 0 Å². The predicted molar refractivity (Wildman–Crippen MR) is 68.1 cm³/mol. The van der Waals surface area contributed by atoms with Gasteiger partial charge in [-0.25, -0.2) is 0 Å². The topological polar surface area (TPSA) is 51.1 Å². The van der Waals surface area contributed by atoms with Crippen molar-refractivity contribution in [3.63, 3.8) is 0 Å². The number of fused-ring (bicyclic) bond motifs is 1. The van der Waals surface area contributed by atoms with Crippen LogP contribution in [0.5, 0.6) is 0 Å². The fourth-order valence-electron chi connectivity index (χ4n) is 2.66. The van der Waals surface area contributed by atoms with Crippen LogP contribution in [0.1, 0.15) is 24.6 Å². The minimum absolute atomic E-state index is 0.176. The lowest BCUT2D eigenvalue weighted by Gasteiger charge is -2.24. The molecule has 1 unspecified atom stereocenters. The van der Waals surface area contributed by atoms with Crippen molar-refractivity contribution in [3.05, 3.63) is 36.0 Å². The second kappa shape index (κ2) is 3.98. The number of hydrogen-bond acceptors (Lipinski definition) is 2. The summed E-state index contributed by atoms with van der Waals surface area (Å²) in [6.45, 7) is 1.99. The van der Waals surface area contributed by atoms with Crippen LogP contribution in [-0.2, 0) is 9.59 Å². The standard InChI is InChI=1S/C14H14N2O2/c1-9-8-10-4-2-3-5-11(10)16(9)12-6-7-13(17)15-14(12)18/h2-5,8,12H,6-7H2,1H3,(H,15,17,18). The van der Waals surface area contributed by atoms with Crippen LogP contribution >= 0.6 is 0 Å². The highest BCUT2D eigenvalue weighted by Crippen LogP contribution is 2.27. The van der Waals surface area contributed by atoms with Gasteiger partial charge in [-0.15, -0.1) is 0 Å². The van der Waals surface area contributed by atoms with Crippen LogP contribution < -0.4 is 5.32 Å². The number of hydrogen-bond donors (Lipinski definition) is 1. The Balaban J connectivity index is 2.11. The second-order valence-electron chi connectivity index (χ2n) is 4.68. The minimum atomic E-state index is -0.275. The zero-order valence-corrected chi connectivity index (χ0v) is 10.1. The molecule has 92 valence electrons. The van der Waals surface area contributed by atoms with Crippen molar-refractivity contribution in [1.29, 1.82) is 0 Å². The van der Waals surface area contributed by atoms with E-state index in [1.807, 2.05) is 35.8 Å². The summed E-state index contributed by atoms with van der Waals surface area (Å²) in [5, 5.41) is 3.54. The van der Waals surface area contributed by atoms with Gasteiger partial charge in [-0.2, -0.15) is 0 Å². The highest BCUT2D eigenvalue weighted by Gasteiger charge is 2.29. The monoisotopic (exact) mass is 242 g/mol. The highest BCUT2D eigenvalue weighted by atomic mass is 16.2. The molecule has 2 amide bonds. The van der Waals surface area contributed by atoms with E-state index in [-0.39, 0.29) is 17.9 Å². The molecule has 2 heterocycles. The summed E-state index contributed by atoms with van der Waals surface area (Å²) < 4.78 is 2.02. The first-order chi connectivity index (χ1) is 8.66. The summed E-state index contributed by atoms with van der Waals surface area (Å²) in [6, 6.07) is 9.78. The van der Waals surface area contributed by atoms with Gasteiger partial charge in [0.25, 0.3) is 0 Å². The van der Waals surface area contributed by atoms with E-state index >= 15 is 0 Å². The molecule has 1 aliphatic heterocycles. The molecule has 0 bridgehead atoms. The van der Waals surface area contributed by atoms with Crippen molar-refractivity contribution in [1.82, 2.24) is 9.88 Å². The van der Waals surface area contributed by atoms with Crippen LogP contribution in [-0.4, -0.2) is 16.4 Å². The molecule has 18 heavy (non-hydrogen) atoms. The lowest BCUT2D eigenvalue weighted by atomic mass is 10.1. The number of rotatable bonds is 1. The summed E-state index contributed by atoms with van der Waals surface area (Å²) in [4.78, 5) is 23.1. The zero-order valence-electron chi connectivity index (χ0n) is 10.1. The van der Waals surface area contributed by atoms with Crippen molar-refractivity contribution in [2.75, 3.05) is 0 Å². The van der Waals surface area contributed by atoms with E-state index in [2.05, 4.69) is 11.4 Å². The van der Waals surface area contributed by atoms with Gasteiger partial charge in [-0.3, -0.25) is 14.9 Å². The quantitative estimate of drug-likeness (QED) is 0.777. The molecule has 2 aromatic rings. The fourth-order valence-corrected chi connectivity index (χ4v) is 2.66. The van der Waals surface area contributed by atoms with Crippen molar-refractivity contribution in [2.45, 2.75) is 25.8 Å². The number of piperidine rings is 1. The summed E-state index contributed by atoms with van der Waals surface area (Å²) >= 11 is 0. The van der Waals surface area contributed by atoms with E-state index in [4.69, 9.17) is 0 Å². The average Bonchev–Trinajstić information content (AvgIpc) is 2.66. The number of nitrogens with one attached hydrogen (secondary N) is 1. The second-order valence-corrected chi connectivity index (χ2v) is 4.68. The molecule has 4 nitrogen and oxygen atoms in total. The van der Waals surface area contributed by atoms with Gasteiger partial charge in [0.2, 0.25) is 11.8 Å². The maximum absolute atomic E-state index is 11.9. The summed E-state index contributed by atoms with van der Waals surface area (Å²) in [5.41, 5.74) is 2.09. The average molecular weight is 242 g/mol. The van der Waals surface area contributed by atoms with Gasteiger partial charge in [0.05, 0.1) is 0 Å². The maximum Gasteiger partial charge on any atom is 0.249 e. The zero-order chi connectivity index (χ0) is 12.7. The molecular weight excluding hydrogens is 228 g/mol. The Bertz CT molecular complexity index is 642. The van der Waals surface area contributed by atoms with Crippen LogP contribution in [0.25, 0.3) is 10.9 Å². The number of nitrogens with zero attached hydrogens (tertiary/aromatic N) is 1. The molecule has 1 fully saturated rings. The van der Waals surface area contributed by atoms with Gasteiger partial charge in [-0.1, -0.05) is 18.2 Å². The first kappa shape index (κ1) is 11.0. The van der Waals surface area contributed by atoms with Crippen LogP contribution in [0.15, 0.2) is 30.3 Å². The van der Waals surface area contributed by atoms with Gasteiger partial charge in [-0.05, 0) is 30.9 Å². The van der Waals surface area contributed by atoms with Crippen molar-refractivity contribution in [3.8, 4) is 0 Å². The molecule has 0 aliphatic carbocycles. The number of para-hydroxylation sites is 1. The van der Waals surface area contributed by atoms with Crippen LogP contribution in [0.3, 0.4) is 0 Å². The molecule has 1 aliphatic rings. The number of aryl methyl sites for hydroxylation is 1. The number of benzene rings is 1. The van der Waals surface area contributed by atoms with E-state index in [1.165, 1.54) is 0 Å². The minimum Gasteiger partial charge on any atom is -0.332 e. The van der Waals surface area contributed by atoms with Crippen molar-refractivity contribution < 1.29 is 9.59 Å². The Morgan fingerprint density at radius 1 is 1.28 bits per heavy atom. The Kier molecular flexibility index (Phi) is 2.44. The van der Waals surface area contributed by atoms with Crippen LogP contribution in [0, 0.1) is 6.92 Å². The fraction of sp³-hybridized carbons (Fsp3) is 0.286. The third kappa shape index (κ3) is 1.61.